The van der Waals surface area contributed by atoms with E-state index >= 15 is 0 Å². The molecule has 0 aromatic carbocycles. The standard InChI is InChI=1S/C8H16N2O2/c1-2-3-5-8(12)10-9-6-4-7-11/h6,11H,2-5,7H2,1H3,(H,10,12)/b9-6+. The fourth-order valence-corrected chi connectivity index (χ4v) is 0.633. The first-order valence-corrected chi connectivity index (χ1v) is 4.22. The van der Waals surface area contributed by atoms with Crippen LogP contribution in [0.25, 0.3) is 0 Å². The van der Waals surface area contributed by atoms with Gasteiger partial charge in [0.1, 0.15) is 0 Å². The van der Waals surface area contributed by atoms with Crippen molar-refractivity contribution in [2.45, 2.75) is 32.6 Å². The van der Waals surface area contributed by atoms with E-state index in [4.69, 9.17) is 5.11 Å². The molecule has 1 amide bonds. The van der Waals surface area contributed by atoms with E-state index in [0.29, 0.717) is 12.8 Å². The number of unbranched alkanes of at least 4 members (excludes halogenated alkanes) is 1. The Morgan fingerprint density at radius 3 is 3.00 bits per heavy atom. The molecule has 0 aliphatic rings. The van der Waals surface area contributed by atoms with Gasteiger partial charge in [0.25, 0.3) is 0 Å². The largest absolute Gasteiger partial charge is 0.396 e. The number of hydrogen-bond donors (Lipinski definition) is 2. The Bertz CT molecular complexity index is 146. The average Bonchev–Trinajstić information content (AvgIpc) is 2.09. The molecule has 0 unspecified atom stereocenters. The van der Waals surface area contributed by atoms with E-state index < -0.39 is 0 Å². The van der Waals surface area contributed by atoms with E-state index in [1.165, 1.54) is 6.21 Å². The summed E-state index contributed by atoms with van der Waals surface area (Å²) >= 11 is 0. The van der Waals surface area contributed by atoms with Gasteiger partial charge in [-0.3, -0.25) is 4.79 Å². The molecule has 0 fully saturated rings. The second-order valence-electron chi connectivity index (χ2n) is 2.46. The summed E-state index contributed by atoms with van der Waals surface area (Å²) in [6, 6.07) is 0. The molecule has 2 N–H and O–H groups in total. The third kappa shape index (κ3) is 7.21. The minimum atomic E-state index is -0.0639. The Morgan fingerprint density at radius 1 is 1.67 bits per heavy atom. The van der Waals surface area contributed by atoms with Crippen molar-refractivity contribution >= 4 is 12.1 Å². The van der Waals surface area contributed by atoms with E-state index in [0.717, 1.165) is 12.8 Å². The zero-order valence-corrected chi connectivity index (χ0v) is 7.42. The third-order valence-electron chi connectivity index (χ3n) is 1.30. The van der Waals surface area contributed by atoms with Crippen molar-refractivity contribution in [3.63, 3.8) is 0 Å². The van der Waals surface area contributed by atoms with Gasteiger partial charge in [0, 0.05) is 25.7 Å². The number of nitrogens with one attached hydrogen (secondary N) is 1. The van der Waals surface area contributed by atoms with E-state index in [9.17, 15) is 4.79 Å². The van der Waals surface area contributed by atoms with Gasteiger partial charge in [0.15, 0.2) is 0 Å². The molecule has 0 heterocycles. The Labute approximate surface area is 72.7 Å². The average molecular weight is 172 g/mol. The highest BCUT2D eigenvalue weighted by atomic mass is 16.3. The number of rotatable bonds is 6. The molecule has 0 atom stereocenters. The Balaban J connectivity index is 3.30. The zero-order valence-electron chi connectivity index (χ0n) is 7.42. The molecule has 0 aliphatic heterocycles. The maximum Gasteiger partial charge on any atom is 0.240 e. The van der Waals surface area contributed by atoms with Crippen molar-refractivity contribution in [2.24, 2.45) is 5.10 Å². The summed E-state index contributed by atoms with van der Waals surface area (Å²) in [5.74, 6) is -0.0639. The summed E-state index contributed by atoms with van der Waals surface area (Å²) in [5.41, 5.74) is 2.37. The maximum absolute atomic E-state index is 10.9. The molecule has 12 heavy (non-hydrogen) atoms. The number of carbonyl (C=O) groups is 1. The molecule has 0 spiro atoms. The van der Waals surface area contributed by atoms with Crippen LogP contribution in [0.2, 0.25) is 0 Å². The fraction of sp³-hybridized carbons (Fsp3) is 0.750. The minimum Gasteiger partial charge on any atom is -0.396 e. The van der Waals surface area contributed by atoms with Crippen molar-refractivity contribution in [2.75, 3.05) is 6.61 Å². The van der Waals surface area contributed by atoms with Crippen LogP contribution in [-0.2, 0) is 4.79 Å². The van der Waals surface area contributed by atoms with Gasteiger partial charge >= 0.3 is 0 Å². The highest BCUT2D eigenvalue weighted by Gasteiger charge is 1.95. The number of nitrogens with zero attached hydrogens (tertiary/aromatic N) is 1. The lowest BCUT2D eigenvalue weighted by molar-refractivity contribution is -0.121. The van der Waals surface area contributed by atoms with Crippen molar-refractivity contribution in [1.82, 2.24) is 5.43 Å². The van der Waals surface area contributed by atoms with Crippen LogP contribution in [0, 0.1) is 0 Å². The highest BCUT2D eigenvalue weighted by molar-refractivity contribution is 5.76. The van der Waals surface area contributed by atoms with E-state index in [2.05, 4.69) is 10.5 Å². The van der Waals surface area contributed by atoms with Gasteiger partial charge in [0.05, 0.1) is 0 Å². The van der Waals surface area contributed by atoms with Gasteiger partial charge in [-0.05, 0) is 6.42 Å². The Hall–Kier alpha value is -0.900. The molecular weight excluding hydrogens is 156 g/mol. The number of hydrogen-bond acceptors (Lipinski definition) is 3. The molecule has 70 valence electrons. The number of aliphatic hydroxyl groups is 1. The van der Waals surface area contributed by atoms with Crippen LogP contribution in [0.5, 0.6) is 0 Å². The van der Waals surface area contributed by atoms with E-state index in [1.54, 1.807) is 0 Å². The SMILES string of the molecule is CCCCC(=O)N/N=C/CCO. The summed E-state index contributed by atoms with van der Waals surface area (Å²) in [6.45, 7) is 2.09. The van der Waals surface area contributed by atoms with Crippen LogP contribution in [0.4, 0.5) is 0 Å². The maximum atomic E-state index is 10.9. The first-order chi connectivity index (χ1) is 5.81. The quantitative estimate of drug-likeness (QED) is 0.456. The molecule has 0 rings (SSSR count). The highest BCUT2D eigenvalue weighted by Crippen LogP contribution is 1.92. The van der Waals surface area contributed by atoms with Crippen LogP contribution < -0.4 is 5.43 Å². The molecule has 0 bridgehead atoms. The topological polar surface area (TPSA) is 61.7 Å². The zero-order chi connectivity index (χ0) is 9.23. The van der Waals surface area contributed by atoms with Gasteiger partial charge in [0.2, 0.25) is 5.91 Å². The predicted molar refractivity (Wildman–Crippen MR) is 47.9 cm³/mol. The molecule has 0 aliphatic carbocycles. The van der Waals surface area contributed by atoms with Gasteiger partial charge in [-0.1, -0.05) is 13.3 Å². The van der Waals surface area contributed by atoms with Gasteiger partial charge < -0.3 is 5.11 Å². The van der Waals surface area contributed by atoms with Crippen molar-refractivity contribution < 1.29 is 9.90 Å². The molecule has 0 saturated carbocycles. The van der Waals surface area contributed by atoms with Crippen molar-refractivity contribution in [1.29, 1.82) is 0 Å². The number of hydrazone groups is 1. The first kappa shape index (κ1) is 11.1. The molecule has 4 heteroatoms. The fourth-order valence-electron chi connectivity index (χ4n) is 0.633. The second-order valence-corrected chi connectivity index (χ2v) is 2.46. The smallest absolute Gasteiger partial charge is 0.240 e. The van der Waals surface area contributed by atoms with Crippen LogP contribution in [0.1, 0.15) is 32.6 Å². The summed E-state index contributed by atoms with van der Waals surface area (Å²) in [7, 11) is 0. The molecule has 0 radical (unpaired) electrons. The summed E-state index contributed by atoms with van der Waals surface area (Å²) in [5, 5.41) is 12.0. The number of carbonyl (C=O) groups excluding carboxylic acids is 1. The van der Waals surface area contributed by atoms with Gasteiger partial charge in [-0.2, -0.15) is 5.10 Å². The van der Waals surface area contributed by atoms with Crippen LogP contribution in [0.3, 0.4) is 0 Å². The molecule has 4 nitrogen and oxygen atoms in total. The van der Waals surface area contributed by atoms with Gasteiger partial charge in [-0.25, -0.2) is 5.43 Å². The summed E-state index contributed by atoms with van der Waals surface area (Å²) < 4.78 is 0. The van der Waals surface area contributed by atoms with E-state index in [1.807, 2.05) is 6.92 Å². The minimum absolute atomic E-state index is 0.0638. The predicted octanol–water partition coefficient (Wildman–Crippen LogP) is 0.661. The third-order valence-corrected chi connectivity index (χ3v) is 1.30. The van der Waals surface area contributed by atoms with Crippen LogP contribution in [0.15, 0.2) is 5.10 Å². The van der Waals surface area contributed by atoms with E-state index in [-0.39, 0.29) is 12.5 Å². The lowest BCUT2D eigenvalue weighted by Crippen LogP contribution is -2.16. The Morgan fingerprint density at radius 2 is 2.42 bits per heavy atom. The molecular formula is C8H16N2O2. The van der Waals surface area contributed by atoms with Crippen LogP contribution >= 0.6 is 0 Å². The molecule has 0 saturated heterocycles. The number of amides is 1. The van der Waals surface area contributed by atoms with Crippen molar-refractivity contribution in [3.05, 3.63) is 0 Å². The lowest BCUT2D eigenvalue weighted by atomic mass is 10.2. The lowest BCUT2D eigenvalue weighted by Gasteiger charge is -1.96. The van der Waals surface area contributed by atoms with Crippen molar-refractivity contribution in [3.8, 4) is 0 Å². The number of aliphatic hydroxyl groups excluding tert-OH is 1. The second kappa shape index (κ2) is 8.20. The Kier molecular flexibility index (Phi) is 7.58. The monoisotopic (exact) mass is 172 g/mol. The summed E-state index contributed by atoms with van der Waals surface area (Å²) in [6.07, 6.45) is 4.39. The normalized spacial score (nSPS) is 10.5. The van der Waals surface area contributed by atoms with Crippen LogP contribution in [-0.4, -0.2) is 23.8 Å². The molecule has 0 aromatic rings. The summed E-state index contributed by atoms with van der Waals surface area (Å²) in [4.78, 5) is 10.9. The molecule has 0 aromatic heterocycles. The first-order valence-electron chi connectivity index (χ1n) is 4.22. The van der Waals surface area contributed by atoms with Gasteiger partial charge in [-0.15, -0.1) is 0 Å².